The lowest BCUT2D eigenvalue weighted by Crippen LogP contribution is -2.50. The third kappa shape index (κ3) is 4.53. The highest BCUT2D eigenvalue weighted by atomic mass is 32.1. The van der Waals surface area contributed by atoms with E-state index in [1.54, 1.807) is 11.3 Å². The van der Waals surface area contributed by atoms with Crippen molar-refractivity contribution in [2.24, 2.45) is 5.92 Å². The molecule has 0 atom stereocenters. The second-order valence-corrected chi connectivity index (χ2v) is 11.3. The zero-order chi connectivity index (χ0) is 23.8. The lowest BCUT2D eigenvalue weighted by molar-refractivity contribution is -0.135. The minimum absolute atomic E-state index is 0.263. The van der Waals surface area contributed by atoms with Crippen molar-refractivity contribution in [3.63, 3.8) is 0 Å². The summed E-state index contributed by atoms with van der Waals surface area (Å²) in [4.78, 5) is 23.2. The fourth-order valence-electron chi connectivity index (χ4n) is 5.91. The molecule has 2 aliphatic carbocycles. The largest absolute Gasteiger partial charge is 0.365 e. The SMILES string of the molecule is CCc1ccc(-c2nc3sc(N4CCN(C(=O)C5CCCC5)CC4)nn3c2NC2CCCC2)cc1. The fourth-order valence-corrected chi connectivity index (χ4v) is 6.86. The molecule has 1 aromatic carbocycles. The van der Waals surface area contributed by atoms with Gasteiger partial charge in [0.25, 0.3) is 0 Å². The first kappa shape index (κ1) is 22.8. The van der Waals surface area contributed by atoms with E-state index < -0.39 is 0 Å². The third-order valence-corrected chi connectivity index (χ3v) is 9.06. The number of anilines is 2. The molecule has 7 nitrogen and oxygen atoms in total. The number of aromatic nitrogens is 3. The molecular formula is C27H36N6OS. The molecule has 1 amide bonds. The molecule has 3 aromatic rings. The number of hydrogen-bond donors (Lipinski definition) is 1. The Labute approximate surface area is 211 Å². The average Bonchev–Trinajstić information content (AvgIpc) is 3.70. The molecule has 0 bridgehead atoms. The molecule has 6 rings (SSSR count). The van der Waals surface area contributed by atoms with Gasteiger partial charge in [-0.15, -0.1) is 5.10 Å². The van der Waals surface area contributed by atoms with Crippen molar-refractivity contribution in [1.29, 1.82) is 0 Å². The molecule has 186 valence electrons. The number of benzene rings is 1. The molecule has 1 saturated heterocycles. The number of hydrogen-bond acceptors (Lipinski definition) is 6. The summed E-state index contributed by atoms with van der Waals surface area (Å²) in [6, 6.07) is 9.26. The number of piperazine rings is 1. The Kier molecular flexibility index (Phi) is 6.39. The summed E-state index contributed by atoms with van der Waals surface area (Å²) in [6.45, 7) is 5.45. The van der Waals surface area contributed by atoms with Gasteiger partial charge in [-0.3, -0.25) is 4.79 Å². The highest BCUT2D eigenvalue weighted by Crippen LogP contribution is 2.36. The molecule has 0 unspecified atom stereocenters. The standard InChI is InChI=1S/C27H36N6OS/c1-2-19-11-13-20(14-12-19)23-24(28-22-9-5-6-10-22)33-26(29-23)35-27(30-33)32-17-15-31(16-18-32)25(34)21-7-3-4-8-21/h11-14,21-22,28H,2-10,15-18H2,1H3. The summed E-state index contributed by atoms with van der Waals surface area (Å²) >= 11 is 1.66. The summed E-state index contributed by atoms with van der Waals surface area (Å²) in [5.74, 6) is 1.66. The summed E-state index contributed by atoms with van der Waals surface area (Å²) in [5, 5.41) is 9.84. The molecule has 1 N–H and O–H groups in total. The maximum absolute atomic E-state index is 12.8. The van der Waals surface area contributed by atoms with Crippen LogP contribution in [0.15, 0.2) is 24.3 Å². The number of imidazole rings is 1. The van der Waals surface area contributed by atoms with E-state index in [0.717, 1.165) is 72.6 Å². The van der Waals surface area contributed by atoms with Gasteiger partial charge >= 0.3 is 0 Å². The number of nitrogens with one attached hydrogen (secondary N) is 1. The lowest BCUT2D eigenvalue weighted by Gasteiger charge is -2.35. The van der Waals surface area contributed by atoms with Crippen LogP contribution >= 0.6 is 11.3 Å². The van der Waals surface area contributed by atoms with Gasteiger partial charge in [0.05, 0.1) is 0 Å². The Morgan fingerprint density at radius 3 is 2.37 bits per heavy atom. The second kappa shape index (κ2) is 9.80. The molecule has 2 saturated carbocycles. The Bertz CT molecular complexity index is 1160. The third-order valence-electron chi connectivity index (χ3n) is 8.09. The Morgan fingerprint density at radius 1 is 1.00 bits per heavy atom. The topological polar surface area (TPSA) is 65.8 Å². The van der Waals surface area contributed by atoms with Gasteiger partial charge in [-0.2, -0.15) is 4.52 Å². The molecular weight excluding hydrogens is 456 g/mol. The predicted octanol–water partition coefficient (Wildman–Crippen LogP) is 5.21. The van der Waals surface area contributed by atoms with E-state index >= 15 is 0 Å². The first-order valence-corrected chi connectivity index (χ1v) is 14.3. The van der Waals surface area contributed by atoms with Crippen LogP contribution in [0.2, 0.25) is 0 Å². The van der Waals surface area contributed by atoms with Crippen molar-refractivity contribution in [2.45, 2.75) is 70.8 Å². The second-order valence-electron chi connectivity index (χ2n) is 10.4. The zero-order valence-corrected chi connectivity index (χ0v) is 21.5. The van der Waals surface area contributed by atoms with Crippen LogP contribution in [0, 0.1) is 5.92 Å². The monoisotopic (exact) mass is 492 g/mol. The Balaban J connectivity index is 1.23. The van der Waals surface area contributed by atoms with Crippen LogP contribution in [0.25, 0.3) is 16.2 Å². The fraction of sp³-hybridized carbons (Fsp3) is 0.593. The maximum Gasteiger partial charge on any atom is 0.225 e. The molecule has 0 radical (unpaired) electrons. The van der Waals surface area contributed by atoms with Crippen molar-refractivity contribution < 1.29 is 4.79 Å². The van der Waals surface area contributed by atoms with Gasteiger partial charge in [-0.05, 0) is 37.7 Å². The number of nitrogens with zero attached hydrogens (tertiary/aromatic N) is 5. The summed E-state index contributed by atoms with van der Waals surface area (Å²) in [7, 11) is 0. The van der Waals surface area contributed by atoms with Crippen molar-refractivity contribution in [3.05, 3.63) is 29.8 Å². The lowest BCUT2D eigenvalue weighted by atomic mass is 10.1. The number of aryl methyl sites for hydroxylation is 1. The van der Waals surface area contributed by atoms with E-state index in [1.807, 2.05) is 4.52 Å². The molecule has 3 fully saturated rings. The molecule has 3 aliphatic rings. The summed E-state index contributed by atoms with van der Waals surface area (Å²) in [5.41, 5.74) is 3.48. The van der Waals surface area contributed by atoms with Gasteiger partial charge in [-0.25, -0.2) is 4.98 Å². The van der Waals surface area contributed by atoms with E-state index in [2.05, 4.69) is 46.3 Å². The van der Waals surface area contributed by atoms with Gasteiger partial charge in [0.1, 0.15) is 5.69 Å². The highest BCUT2D eigenvalue weighted by Gasteiger charge is 2.31. The molecule has 3 heterocycles. The molecule has 8 heteroatoms. The van der Waals surface area contributed by atoms with Crippen LogP contribution < -0.4 is 10.2 Å². The van der Waals surface area contributed by atoms with Gasteiger partial charge in [0, 0.05) is 43.7 Å². The molecule has 0 spiro atoms. The number of fused-ring (bicyclic) bond motifs is 1. The van der Waals surface area contributed by atoms with Crippen molar-refractivity contribution in [2.75, 3.05) is 36.4 Å². The normalized spacial score (nSPS) is 19.8. The highest BCUT2D eigenvalue weighted by molar-refractivity contribution is 7.20. The number of carbonyl (C=O) groups excluding carboxylic acids is 1. The first-order valence-electron chi connectivity index (χ1n) is 13.5. The van der Waals surface area contributed by atoms with Crippen molar-refractivity contribution in [1.82, 2.24) is 19.5 Å². The number of carbonyl (C=O) groups is 1. The van der Waals surface area contributed by atoms with Crippen molar-refractivity contribution in [3.8, 4) is 11.3 Å². The Morgan fingerprint density at radius 2 is 1.69 bits per heavy atom. The number of rotatable bonds is 6. The van der Waals surface area contributed by atoms with E-state index in [1.165, 1.54) is 44.1 Å². The van der Waals surface area contributed by atoms with E-state index in [4.69, 9.17) is 10.1 Å². The first-order chi connectivity index (χ1) is 17.2. The molecule has 35 heavy (non-hydrogen) atoms. The van der Waals surface area contributed by atoms with Crippen molar-refractivity contribution >= 4 is 33.2 Å². The van der Waals surface area contributed by atoms with Gasteiger partial charge < -0.3 is 15.1 Å². The van der Waals surface area contributed by atoms with Crippen LogP contribution in [-0.2, 0) is 11.2 Å². The minimum Gasteiger partial charge on any atom is -0.365 e. The molecule has 2 aromatic heterocycles. The smallest absolute Gasteiger partial charge is 0.225 e. The predicted molar refractivity (Wildman–Crippen MR) is 142 cm³/mol. The van der Waals surface area contributed by atoms with Crippen LogP contribution in [0.3, 0.4) is 0 Å². The van der Waals surface area contributed by atoms with Gasteiger partial charge in [-0.1, -0.05) is 68.2 Å². The molecule has 1 aliphatic heterocycles. The van der Waals surface area contributed by atoms with Gasteiger partial charge in [0.15, 0.2) is 5.82 Å². The Hall–Kier alpha value is -2.61. The van der Waals surface area contributed by atoms with E-state index in [9.17, 15) is 4.79 Å². The van der Waals surface area contributed by atoms with E-state index in [0.29, 0.717) is 11.9 Å². The van der Waals surface area contributed by atoms with Gasteiger partial charge in [0.2, 0.25) is 16.0 Å². The maximum atomic E-state index is 12.8. The zero-order valence-electron chi connectivity index (χ0n) is 20.7. The quantitative estimate of drug-likeness (QED) is 0.511. The average molecular weight is 493 g/mol. The van der Waals surface area contributed by atoms with Crippen LogP contribution in [0.5, 0.6) is 0 Å². The summed E-state index contributed by atoms with van der Waals surface area (Å²) in [6.07, 6.45) is 10.6. The van der Waals surface area contributed by atoms with E-state index in [-0.39, 0.29) is 5.92 Å². The van der Waals surface area contributed by atoms with Crippen LogP contribution in [-0.4, -0.2) is 57.6 Å². The summed E-state index contributed by atoms with van der Waals surface area (Å²) < 4.78 is 2.03. The number of amides is 1. The van der Waals surface area contributed by atoms with Crippen LogP contribution in [0.4, 0.5) is 10.9 Å². The van der Waals surface area contributed by atoms with Crippen LogP contribution in [0.1, 0.15) is 63.9 Å². The minimum atomic E-state index is 0.263.